The third-order valence-electron chi connectivity index (χ3n) is 2.89. The molecule has 2 rings (SSSR count). The lowest BCUT2D eigenvalue weighted by Crippen LogP contribution is -2.16. The second-order valence-corrected chi connectivity index (χ2v) is 5.40. The highest BCUT2D eigenvalue weighted by Crippen LogP contribution is 2.28. The van der Waals surface area contributed by atoms with Gasteiger partial charge in [-0.2, -0.15) is 17.6 Å². The quantitative estimate of drug-likeness (QED) is 0.504. The van der Waals surface area contributed by atoms with E-state index >= 15 is 0 Å². The standard InChI is InChI=1S/C14H16N4OS/c1-7-4-10-11(5-16-7)12(14(15)18-9(3)19)6-17-13(10)8(2)20/h4-6,8,20H,1-3H3,(H2,15,18,19). The minimum absolute atomic E-state index is 0.0145. The van der Waals surface area contributed by atoms with E-state index < -0.39 is 0 Å². The first kappa shape index (κ1) is 14.5. The Morgan fingerprint density at radius 1 is 1.35 bits per heavy atom. The van der Waals surface area contributed by atoms with Gasteiger partial charge in [-0.1, -0.05) is 0 Å². The minimum atomic E-state index is -0.345. The first-order valence-electron chi connectivity index (χ1n) is 6.18. The van der Waals surface area contributed by atoms with Crippen LogP contribution < -0.4 is 5.73 Å². The van der Waals surface area contributed by atoms with Crippen molar-refractivity contribution in [2.45, 2.75) is 26.0 Å². The lowest BCUT2D eigenvalue weighted by atomic mass is 10.0. The van der Waals surface area contributed by atoms with E-state index in [0.717, 1.165) is 22.2 Å². The second-order valence-electron chi connectivity index (χ2n) is 4.62. The number of nitrogens with zero attached hydrogens (tertiary/aromatic N) is 3. The fourth-order valence-electron chi connectivity index (χ4n) is 2.03. The van der Waals surface area contributed by atoms with E-state index in [4.69, 9.17) is 5.73 Å². The molecular formula is C14H16N4OS. The average Bonchev–Trinajstić information content (AvgIpc) is 2.35. The zero-order valence-corrected chi connectivity index (χ0v) is 12.5. The summed E-state index contributed by atoms with van der Waals surface area (Å²) in [6.45, 7) is 5.22. The summed E-state index contributed by atoms with van der Waals surface area (Å²) in [5.74, 6) is -0.193. The Morgan fingerprint density at radius 2 is 2.05 bits per heavy atom. The molecule has 2 heterocycles. The highest BCUT2D eigenvalue weighted by Gasteiger charge is 2.14. The maximum Gasteiger partial charge on any atom is 0.244 e. The fourth-order valence-corrected chi connectivity index (χ4v) is 2.23. The molecule has 104 valence electrons. The van der Waals surface area contributed by atoms with Gasteiger partial charge in [-0.05, 0) is 19.9 Å². The Balaban J connectivity index is 2.77. The van der Waals surface area contributed by atoms with E-state index in [9.17, 15) is 4.79 Å². The highest BCUT2D eigenvalue weighted by molar-refractivity contribution is 7.80. The number of nitrogens with two attached hydrogens (primary N) is 1. The number of hydrogen-bond acceptors (Lipinski definition) is 4. The molecular weight excluding hydrogens is 272 g/mol. The maximum atomic E-state index is 11.1. The largest absolute Gasteiger partial charge is 0.383 e. The van der Waals surface area contributed by atoms with Gasteiger partial charge in [-0.15, -0.1) is 0 Å². The van der Waals surface area contributed by atoms with Gasteiger partial charge in [0.25, 0.3) is 0 Å². The molecule has 0 saturated heterocycles. The number of aryl methyl sites for hydroxylation is 1. The van der Waals surface area contributed by atoms with Crippen molar-refractivity contribution in [3.8, 4) is 0 Å². The number of pyridine rings is 2. The molecule has 2 aromatic heterocycles. The molecule has 0 radical (unpaired) electrons. The molecule has 1 atom stereocenters. The third-order valence-corrected chi connectivity index (χ3v) is 3.13. The molecule has 5 nitrogen and oxygen atoms in total. The molecule has 6 heteroatoms. The van der Waals surface area contributed by atoms with Crippen LogP contribution >= 0.6 is 12.6 Å². The van der Waals surface area contributed by atoms with Gasteiger partial charge in [-0.3, -0.25) is 14.8 Å². The van der Waals surface area contributed by atoms with Crippen LogP contribution in [-0.2, 0) is 4.79 Å². The molecule has 2 aromatic rings. The zero-order chi connectivity index (χ0) is 14.9. The van der Waals surface area contributed by atoms with Crippen LogP contribution in [0, 0.1) is 6.92 Å². The van der Waals surface area contributed by atoms with Crippen molar-refractivity contribution in [2.75, 3.05) is 0 Å². The van der Waals surface area contributed by atoms with Gasteiger partial charge < -0.3 is 5.73 Å². The van der Waals surface area contributed by atoms with Crippen LogP contribution in [0.1, 0.15) is 36.0 Å². The summed E-state index contributed by atoms with van der Waals surface area (Å²) in [5.41, 5.74) is 8.22. The molecule has 0 aliphatic carbocycles. The van der Waals surface area contributed by atoms with E-state index in [1.807, 2.05) is 19.9 Å². The van der Waals surface area contributed by atoms with Crippen molar-refractivity contribution < 1.29 is 4.79 Å². The third kappa shape index (κ3) is 2.80. The summed E-state index contributed by atoms with van der Waals surface area (Å²) in [5, 5.41) is 1.74. The van der Waals surface area contributed by atoms with Crippen LogP contribution in [0.4, 0.5) is 0 Å². The van der Waals surface area contributed by atoms with E-state index in [0.29, 0.717) is 5.56 Å². The number of aliphatic imine (C=N–C) groups is 1. The molecule has 1 unspecified atom stereocenters. The first-order chi connectivity index (χ1) is 9.40. The lowest BCUT2D eigenvalue weighted by Gasteiger charge is -2.12. The fraction of sp³-hybridized carbons (Fsp3) is 0.286. The number of hydrogen-bond donors (Lipinski definition) is 2. The summed E-state index contributed by atoms with van der Waals surface area (Å²) in [6, 6.07) is 1.94. The number of thiol groups is 1. The molecule has 0 aliphatic rings. The van der Waals surface area contributed by atoms with Crippen LogP contribution in [-0.4, -0.2) is 21.7 Å². The van der Waals surface area contributed by atoms with Crippen LogP contribution in [0.2, 0.25) is 0 Å². The van der Waals surface area contributed by atoms with Crippen LogP contribution in [0.15, 0.2) is 23.5 Å². The Hall–Kier alpha value is -1.95. The Kier molecular flexibility index (Phi) is 4.04. The Morgan fingerprint density at radius 3 is 2.65 bits per heavy atom. The number of amidine groups is 1. The van der Waals surface area contributed by atoms with E-state index in [2.05, 4.69) is 27.6 Å². The molecule has 20 heavy (non-hydrogen) atoms. The topological polar surface area (TPSA) is 81.2 Å². The van der Waals surface area contributed by atoms with Crippen molar-refractivity contribution in [2.24, 2.45) is 10.7 Å². The molecule has 1 amide bonds. The molecule has 2 N–H and O–H groups in total. The number of amides is 1. The molecule has 0 aromatic carbocycles. The highest BCUT2D eigenvalue weighted by atomic mass is 32.1. The van der Waals surface area contributed by atoms with Crippen LogP contribution in [0.3, 0.4) is 0 Å². The summed E-state index contributed by atoms with van der Waals surface area (Å²) in [7, 11) is 0. The van der Waals surface area contributed by atoms with Gasteiger partial charge >= 0.3 is 0 Å². The van der Waals surface area contributed by atoms with Crippen molar-refractivity contribution in [1.82, 2.24) is 9.97 Å². The van der Waals surface area contributed by atoms with Crippen molar-refractivity contribution in [3.63, 3.8) is 0 Å². The first-order valence-corrected chi connectivity index (χ1v) is 6.70. The summed E-state index contributed by atoms with van der Waals surface area (Å²) < 4.78 is 0. The van der Waals surface area contributed by atoms with Crippen molar-refractivity contribution in [3.05, 3.63) is 35.4 Å². The Bertz CT molecular complexity index is 710. The summed E-state index contributed by atoms with van der Waals surface area (Å²) in [4.78, 5) is 23.5. The number of rotatable bonds is 2. The van der Waals surface area contributed by atoms with Gasteiger partial charge in [-0.25, -0.2) is 0 Å². The zero-order valence-electron chi connectivity index (χ0n) is 11.6. The average molecular weight is 288 g/mol. The van der Waals surface area contributed by atoms with Gasteiger partial charge in [0, 0.05) is 46.6 Å². The van der Waals surface area contributed by atoms with E-state index in [1.54, 1.807) is 12.4 Å². The van der Waals surface area contributed by atoms with Crippen molar-refractivity contribution in [1.29, 1.82) is 0 Å². The van der Waals surface area contributed by atoms with Gasteiger partial charge in [0.1, 0.15) is 5.84 Å². The van der Waals surface area contributed by atoms with Gasteiger partial charge in [0.15, 0.2) is 0 Å². The molecule has 0 fully saturated rings. The number of fused-ring (bicyclic) bond motifs is 1. The number of carbonyl (C=O) groups is 1. The predicted molar refractivity (Wildman–Crippen MR) is 83.1 cm³/mol. The molecule has 0 bridgehead atoms. The second kappa shape index (κ2) is 5.58. The van der Waals surface area contributed by atoms with E-state index in [-0.39, 0.29) is 17.0 Å². The van der Waals surface area contributed by atoms with Crippen LogP contribution in [0.5, 0.6) is 0 Å². The van der Waals surface area contributed by atoms with Gasteiger partial charge in [0.05, 0.1) is 5.69 Å². The summed E-state index contributed by atoms with van der Waals surface area (Å²) >= 11 is 4.44. The molecule has 0 saturated carbocycles. The monoisotopic (exact) mass is 288 g/mol. The smallest absolute Gasteiger partial charge is 0.244 e. The SMILES string of the molecule is CC(=O)N=C(N)c1cnc(C(C)S)c2cc(C)ncc12. The molecule has 0 spiro atoms. The summed E-state index contributed by atoms with van der Waals surface area (Å²) in [6.07, 6.45) is 3.34. The maximum absolute atomic E-state index is 11.1. The van der Waals surface area contributed by atoms with Crippen LogP contribution in [0.25, 0.3) is 10.8 Å². The Labute approximate surface area is 122 Å². The minimum Gasteiger partial charge on any atom is -0.383 e. The predicted octanol–water partition coefficient (Wildman–Crippen LogP) is 2.18. The van der Waals surface area contributed by atoms with Crippen molar-refractivity contribution >= 4 is 35.1 Å². The van der Waals surface area contributed by atoms with E-state index in [1.165, 1.54) is 6.92 Å². The lowest BCUT2D eigenvalue weighted by molar-refractivity contribution is -0.115. The van der Waals surface area contributed by atoms with Gasteiger partial charge in [0.2, 0.25) is 5.91 Å². The number of carbonyl (C=O) groups excluding carboxylic acids is 1. The number of aromatic nitrogens is 2. The molecule has 0 aliphatic heterocycles. The normalized spacial score (nSPS) is 13.5.